The summed E-state index contributed by atoms with van der Waals surface area (Å²) in [6, 6.07) is 2.81. The molecule has 8 heteroatoms. The van der Waals surface area contributed by atoms with Gasteiger partial charge in [0.25, 0.3) is 10.0 Å². The summed E-state index contributed by atoms with van der Waals surface area (Å²) in [5.74, 6) is -0.0905. The maximum absolute atomic E-state index is 12.5. The molecule has 0 amide bonds. The second kappa shape index (κ2) is 6.37. The molecule has 2 heterocycles. The molecule has 3 rings (SSSR count). The molecule has 2 aliphatic rings. The van der Waals surface area contributed by atoms with Crippen LogP contribution in [0, 0.1) is 0 Å². The van der Waals surface area contributed by atoms with Gasteiger partial charge in [0.1, 0.15) is 10.7 Å². The predicted molar refractivity (Wildman–Crippen MR) is 92.4 cm³/mol. The van der Waals surface area contributed by atoms with E-state index in [-0.39, 0.29) is 21.6 Å². The van der Waals surface area contributed by atoms with Crippen LogP contribution in [0.25, 0.3) is 0 Å². The van der Waals surface area contributed by atoms with E-state index >= 15 is 0 Å². The quantitative estimate of drug-likeness (QED) is 0.746. The Morgan fingerprint density at radius 1 is 1.29 bits per heavy atom. The lowest BCUT2D eigenvalue weighted by Gasteiger charge is -2.30. The van der Waals surface area contributed by atoms with E-state index in [0.29, 0.717) is 24.5 Å². The Bertz CT molecular complexity index is 818. The number of fused-ring (bicyclic) bond motifs is 3. The van der Waals surface area contributed by atoms with Crippen molar-refractivity contribution < 1.29 is 17.9 Å². The van der Waals surface area contributed by atoms with Gasteiger partial charge in [0.15, 0.2) is 0 Å². The van der Waals surface area contributed by atoms with Crippen LogP contribution in [0.2, 0.25) is 5.02 Å². The Balaban J connectivity index is 2.12. The molecule has 0 aromatic heterocycles. The number of hydrogen-bond donors (Lipinski definition) is 0. The van der Waals surface area contributed by atoms with Crippen molar-refractivity contribution >= 4 is 39.1 Å². The molecule has 2 aliphatic heterocycles. The number of halogens is 1. The molecular formula is C16H19ClN2O4S. The van der Waals surface area contributed by atoms with Crippen LogP contribution in [0.4, 0.5) is 5.69 Å². The van der Waals surface area contributed by atoms with Gasteiger partial charge in [0.2, 0.25) is 0 Å². The second-order valence-corrected chi connectivity index (χ2v) is 8.18. The van der Waals surface area contributed by atoms with Gasteiger partial charge in [-0.25, -0.2) is 4.79 Å². The fourth-order valence-corrected chi connectivity index (χ4v) is 4.43. The summed E-state index contributed by atoms with van der Waals surface area (Å²) in [7, 11) is -3.85. The third-order valence-electron chi connectivity index (χ3n) is 4.00. The minimum atomic E-state index is -3.85. The molecule has 0 N–H and O–H groups in total. The number of hydrogen-bond acceptors (Lipinski definition) is 5. The topological polar surface area (TPSA) is 76.0 Å². The van der Waals surface area contributed by atoms with Crippen molar-refractivity contribution in [2.45, 2.75) is 50.5 Å². The number of carbonyl (C=O) groups is 1. The fourth-order valence-electron chi connectivity index (χ4n) is 2.93. The lowest BCUT2D eigenvalue weighted by atomic mass is 10.1. The van der Waals surface area contributed by atoms with Crippen LogP contribution < -0.4 is 4.90 Å². The Morgan fingerprint density at radius 3 is 2.75 bits per heavy atom. The zero-order chi connectivity index (χ0) is 17.5. The number of sulfonamides is 1. The monoisotopic (exact) mass is 370 g/mol. The summed E-state index contributed by atoms with van der Waals surface area (Å²) in [6.45, 7) is 4.12. The summed E-state index contributed by atoms with van der Waals surface area (Å²) in [5.41, 5.74) is 0.536. The number of carbonyl (C=O) groups excluding carboxylic acids is 1. The van der Waals surface area contributed by atoms with Crippen molar-refractivity contribution in [3.05, 3.63) is 22.7 Å². The van der Waals surface area contributed by atoms with E-state index in [0.717, 1.165) is 19.3 Å². The van der Waals surface area contributed by atoms with Crippen molar-refractivity contribution in [3.8, 4) is 0 Å². The van der Waals surface area contributed by atoms with Crippen LogP contribution in [-0.2, 0) is 14.8 Å². The van der Waals surface area contributed by atoms with Gasteiger partial charge in [-0.15, -0.1) is 4.40 Å². The zero-order valence-corrected chi connectivity index (χ0v) is 15.2. The summed E-state index contributed by atoms with van der Waals surface area (Å²) < 4.78 is 34.2. The maximum atomic E-state index is 12.5. The molecule has 1 aromatic rings. The number of rotatable bonds is 2. The number of benzene rings is 1. The van der Waals surface area contributed by atoms with Gasteiger partial charge in [-0.1, -0.05) is 18.0 Å². The highest BCUT2D eigenvalue weighted by atomic mass is 35.5. The van der Waals surface area contributed by atoms with E-state index in [4.69, 9.17) is 16.3 Å². The molecule has 24 heavy (non-hydrogen) atoms. The van der Waals surface area contributed by atoms with Crippen molar-refractivity contribution in [2.24, 2.45) is 4.40 Å². The molecule has 0 aliphatic carbocycles. The van der Waals surface area contributed by atoms with Crippen LogP contribution in [0.3, 0.4) is 0 Å². The van der Waals surface area contributed by atoms with Crippen LogP contribution in [0.5, 0.6) is 0 Å². The minimum Gasteiger partial charge on any atom is -0.459 e. The van der Waals surface area contributed by atoms with Gasteiger partial charge in [-0.2, -0.15) is 8.42 Å². The van der Waals surface area contributed by atoms with Crippen LogP contribution in [0.15, 0.2) is 21.4 Å². The van der Waals surface area contributed by atoms with Crippen molar-refractivity contribution in [1.29, 1.82) is 0 Å². The summed E-state index contributed by atoms with van der Waals surface area (Å²) in [6.07, 6.45) is 3.18. The molecule has 130 valence electrons. The molecule has 1 saturated heterocycles. The first-order chi connectivity index (χ1) is 11.3. The molecule has 0 radical (unpaired) electrons. The highest BCUT2D eigenvalue weighted by Gasteiger charge is 2.33. The van der Waals surface area contributed by atoms with Gasteiger partial charge >= 0.3 is 5.97 Å². The number of amidine groups is 1. The molecule has 1 fully saturated rings. The Kier molecular flexibility index (Phi) is 4.57. The normalized spacial score (nSPS) is 19.2. The van der Waals surface area contributed by atoms with Crippen LogP contribution in [0.1, 0.15) is 49.9 Å². The average molecular weight is 371 g/mol. The van der Waals surface area contributed by atoms with E-state index in [2.05, 4.69) is 4.40 Å². The minimum absolute atomic E-state index is 0.00764. The first kappa shape index (κ1) is 17.2. The van der Waals surface area contributed by atoms with Crippen LogP contribution >= 0.6 is 11.6 Å². The standard InChI is InChI=1S/C16H19ClN2O4S/c1-10(2)23-16(20)11-8-14-13(9-12(11)17)19-7-5-3-4-6-15(19)18-24(14,21)22/h8-10H,3-7H2,1-2H3. The highest BCUT2D eigenvalue weighted by Crippen LogP contribution is 2.38. The van der Waals surface area contributed by atoms with Gasteiger partial charge in [-0.05, 0) is 38.8 Å². The molecule has 6 nitrogen and oxygen atoms in total. The number of nitrogens with zero attached hydrogens (tertiary/aromatic N) is 2. The molecule has 0 atom stereocenters. The van der Waals surface area contributed by atoms with E-state index < -0.39 is 16.0 Å². The lowest BCUT2D eigenvalue weighted by molar-refractivity contribution is 0.0378. The van der Waals surface area contributed by atoms with Gasteiger partial charge in [0, 0.05) is 13.0 Å². The van der Waals surface area contributed by atoms with E-state index in [1.807, 2.05) is 4.90 Å². The largest absolute Gasteiger partial charge is 0.459 e. The number of ether oxygens (including phenoxy) is 1. The smallest absolute Gasteiger partial charge is 0.339 e. The summed E-state index contributed by atoms with van der Waals surface area (Å²) in [4.78, 5) is 14.1. The first-order valence-corrected chi connectivity index (χ1v) is 9.77. The van der Waals surface area contributed by atoms with Crippen molar-refractivity contribution in [1.82, 2.24) is 0 Å². The molecule has 0 unspecified atom stereocenters. The second-order valence-electron chi connectivity index (χ2n) is 6.20. The van der Waals surface area contributed by atoms with E-state index in [1.54, 1.807) is 13.8 Å². The van der Waals surface area contributed by atoms with Crippen molar-refractivity contribution in [2.75, 3.05) is 11.4 Å². The Morgan fingerprint density at radius 2 is 2.04 bits per heavy atom. The third-order valence-corrected chi connectivity index (χ3v) is 5.65. The molecule has 0 saturated carbocycles. The maximum Gasteiger partial charge on any atom is 0.339 e. The summed E-state index contributed by atoms with van der Waals surface area (Å²) >= 11 is 6.24. The average Bonchev–Trinajstić information content (AvgIpc) is 2.70. The molecule has 0 spiro atoms. The lowest BCUT2D eigenvalue weighted by Crippen LogP contribution is -2.35. The summed E-state index contributed by atoms with van der Waals surface area (Å²) in [5, 5.41) is 0.181. The van der Waals surface area contributed by atoms with E-state index in [9.17, 15) is 13.2 Å². The third kappa shape index (κ3) is 3.15. The molecule has 0 bridgehead atoms. The van der Waals surface area contributed by atoms with Crippen molar-refractivity contribution in [3.63, 3.8) is 0 Å². The molecule has 1 aromatic carbocycles. The van der Waals surface area contributed by atoms with E-state index in [1.165, 1.54) is 12.1 Å². The van der Waals surface area contributed by atoms with Crippen LogP contribution in [-0.4, -0.2) is 32.9 Å². The SMILES string of the molecule is CC(C)OC(=O)c1cc2c(cc1Cl)N1CCCCCC1=NS2(=O)=O. The Labute approximate surface area is 146 Å². The highest BCUT2D eigenvalue weighted by molar-refractivity contribution is 7.90. The fraction of sp³-hybridized carbons (Fsp3) is 0.500. The van der Waals surface area contributed by atoms with Gasteiger partial charge < -0.3 is 9.64 Å². The van der Waals surface area contributed by atoms with Gasteiger partial charge in [-0.3, -0.25) is 0 Å². The van der Waals surface area contributed by atoms with Gasteiger partial charge in [0.05, 0.1) is 22.4 Å². The zero-order valence-electron chi connectivity index (χ0n) is 13.6. The molecular weight excluding hydrogens is 352 g/mol. The number of anilines is 1. The number of esters is 1. The Hall–Kier alpha value is -1.60. The predicted octanol–water partition coefficient (Wildman–Crippen LogP) is 3.39. The first-order valence-electron chi connectivity index (χ1n) is 7.95.